The fourth-order valence-corrected chi connectivity index (χ4v) is 1.77. The number of rotatable bonds is 8. The maximum absolute atomic E-state index is 5.72. The lowest BCUT2D eigenvalue weighted by Gasteiger charge is -2.16. The molecule has 0 spiro atoms. The maximum Gasteiger partial charge on any atom is 0.119 e. The van der Waals surface area contributed by atoms with Crippen molar-refractivity contribution in [3.05, 3.63) is 29.8 Å². The van der Waals surface area contributed by atoms with E-state index < -0.39 is 0 Å². The van der Waals surface area contributed by atoms with Crippen LogP contribution in [-0.2, 0) is 0 Å². The minimum Gasteiger partial charge on any atom is -0.494 e. The van der Waals surface area contributed by atoms with E-state index in [0.29, 0.717) is 0 Å². The predicted octanol–water partition coefficient (Wildman–Crippen LogP) is 3.50. The third kappa shape index (κ3) is 6.32. The first-order chi connectivity index (χ1) is 8.22. The molecule has 0 radical (unpaired) electrons. The van der Waals surface area contributed by atoms with Gasteiger partial charge in [-0.25, -0.2) is 0 Å². The molecule has 1 aromatic carbocycles. The molecule has 0 aliphatic rings. The molecule has 0 aliphatic carbocycles. The minimum atomic E-state index is 0.805. The van der Waals surface area contributed by atoms with Gasteiger partial charge in [0.05, 0.1) is 6.61 Å². The molecule has 0 saturated heterocycles. The highest BCUT2D eigenvalue weighted by molar-refractivity contribution is 5.27. The second-order valence-electron chi connectivity index (χ2n) is 4.68. The van der Waals surface area contributed by atoms with Gasteiger partial charge in [-0.3, -0.25) is 0 Å². The Labute approximate surface area is 106 Å². The summed E-state index contributed by atoms with van der Waals surface area (Å²) in [6, 6.07) is 8.23. The molecule has 0 bridgehead atoms. The van der Waals surface area contributed by atoms with Crippen LogP contribution in [-0.4, -0.2) is 31.6 Å². The van der Waals surface area contributed by atoms with Crippen LogP contribution in [0.3, 0.4) is 0 Å². The molecule has 2 nitrogen and oxygen atoms in total. The fourth-order valence-electron chi connectivity index (χ4n) is 1.77. The van der Waals surface area contributed by atoms with Crippen molar-refractivity contribution in [3.8, 4) is 5.75 Å². The third-order valence-electron chi connectivity index (χ3n) is 2.84. The van der Waals surface area contributed by atoms with Gasteiger partial charge in [0.2, 0.25) is 0 Å². The normalized spacial score (nSPS) is 10.8. The van der Waals surface area contributed by atoms with Crippen molar-refractivity contribution in [2.24, 2.45) is 0 Å². The van der Waals surface area contributed by atoms with E-state index in [1.54, 1.807) is 0 Å². The molecule has 0 aromatic heterocycles. The number of aryl methyl sites for hydroxylation is 1. The molecule has 0 amide bonds. The Kier molecular flexibility index (Phi) is 6.71. The van der Waals surface area contributed by atoms with Crippen LogP contribution >= 0.6 is 0 Å². The summed E-state index contributed by atoms with van der Waals surface area (Å²) >= 11 is 0. The van der Waals surface area contributed by atoms with E-state index in [9.17, 15) is 0 Å². The number of hydrogen-bond acceptors (Lipinski definition) is 2. The van der Waals surface area contributed by atoms with E-state index in [1.165, 1.54) is 24.9 Å². The average molecular weight is 235 g/mol. The molecule has 0 aliphatic heterocycles. The molecule has 0 atom stereocenters. The second-order valence-corrected chi connectivity index (χ2v) is 4.68. The lowest BCUT2D eigenvalue weighted by Crippen LogP contribution is -2.22. The van der Waals surface area contributed by atoms with Crippen molar-refractivity contribution in [1.29, 1.82) is 0 Å². The lowest BCUT2D eigenvalue weighted by molar-refractivity contribution is 0.261. The van der Waals surface area contributed by atoms with Gasteiger partial charge in [0.1, 0.15) is 5.75 Å². The molecular weight excluding hydrogens is 210 g/mol. The molecule has 17 heavy (non-hydrogen) atoms. The summed E-state index contributed by atoms with van der Waals surface area (Å²) in [5.41, 5.74) is 1.25. The van der Waals surface area contributed by atoms with E-state index >= 15 is 0 Å². The number of unbranched alkanes of at least 4 members (excludes halogenated alkanes) is 1. The Morgan fingerprint density at radius 1 is 1.18 bits per heavy atom. The second kappa shape index (κ2) is 8.13. The van der Waals surface area contributed by atoms with Gasteiger partial charge in [-0.15, -0.1) is 0 Å². The largest absolute Gasteiger partial charge is 0.494 e. The Hall–Kier alpha value is -1.02. The monoisotopic (exact) mass is 235 g/mol. The van der Waals surface area contributed by atoms with Crippen LogP contribution in [0.25, 0.3) is 0 Å². The molecule has 1 aromatic rings. The maximum atomic E-state index is 5.72. The summed E-state index contributed by atoms with van der Waals surface area (Å²) in [5.74, 6) is 0.987. The van der Waals surface area contributed by atoms with Crippen molar-refractivity contribution in [1.82, 2.24) is 4.90 Å². The van der Waals surface area contributed by atoms with Crippen LogP contribution in [0.5, 0.6) is 5.75 Å². The highest BCUT2D eigenvalue weighted by atomic mass is 16.5. The zero-order chi connectivity index (χ0) is 12.5. The predicted molar refractivity (Wildman–Crippen MR) is 73.7 cm³/mol. The Morgan fingerprint density at radius 3 is 2.65 bits per heavy atom. The van der Waals surface area contributed by atoms with Gasteiger partial charge in [-0.05, 0) is 51.1 Å². The molecule has 1 rings (SSSR count). The summed E-state index contributed by atoms with van der Waals surface area (Å²) in [6.07, 6.45) is 3.65. The number of benzene rings is 1. The standard InChI is InChI=1S/C15H25NO/c1-4-5-10-16(3)11-7-12-17-15-9-6-8-14(2)13-15/h6,8-9,13H,4-5,7,10-12H2,1-3H3. The van der Waals surface area contributed by atoms with Gasteiger partial charge in [0.15, 0.2) is 0 Å². The van der Waals surface area contributed by atoms with E-state index in [0.717, 1.165) is 25.3 Å². The van der Waals surface area contributed by atoms with E-state index in [2.05, 4.69) is 37.9 Å². The molecule has 0 unspecified atom stereocenters. The van der Waals surface area contributed by atoms with Gasteiger partial charge < -0.3 is 9.64 Å². The number of ether oxygens (including phenoxy) is 1. The van der Waals surface area contributed by atoms with Crippen molar-refractivity contribution >= 4 is 0 Å². The van der Waals surface area contributed by atoms with Gasteiger partial charge in [-0.2, -0.15) is 0 Å². The zero-order valence-electron chi connectivity index (χ0n) is 11.4. The highest BCUT2D eigenvalue weighted by Gasteiger charge is 1.98. The van der Waals surface area contributed by atoms with Crippen LogP contribution in [0.2, 0.25) is 0 Å². The minimum absolute atomic E-state index is 0.805. The van der Waals surface area contributed by atoms with Crippen LogP contribution in [0.15, 0.2) is 24.3 Å². The van der Waals surface area contributed by atoms with Crippen LogP contribution in [0.4, 0.5) is 0 Å². The van der Waals surface area contributed by atoms with Gasteiger partial charge in [0.25, 0.3) is 0 Å². The molecule has 96 valence electrons. The van der Waals surface area contributed by atoms with Crippen molar-refractivity contribution in [2.75, 3.05) is 26.7 Å². The average Bonchev–Trinajstić information content (AvgIpc) is 2.32. The van der Waals surface area contributed by atoms with E-state index in [-0.39, 0.29) is 0 Å². The first-order valence-corrected chi connectivity index (χ1v) is 6.60. The summed E-state index contributed by atoms with van der Waals surface area (Å²) in [6.45, 7) is 7.44. The fraction of sp³-hybridized carbons (Fsp3) is 0.600. The summed E-state index contributed by atoms with van der Waals surface area (Å²) in [7, 11) is 2.18. The number of hydrogen-bond donors (Lipinski definition) is 0. The van der Waals surface area contributed by atoms with E-state index in [4.69, 9.17) is 4.74 Å². The molecule has 0 N–H and O–H groups in total. The number of nitrogens with zero attached hydrogens (tertiary/aromatic N) is 1. The topological polar surface area (TPSA) is 12.5 Å². The summed E-state index contributed by atoms with van der Waals surface area (Å²) in [4.78, 5) is 2.38. The van der Waals surface area contributed by atoms with Crippen LogP contribution in [0.1, 0.15) is 31.7 Å². The summed E-state index contributed by atoms with van der Waals surface area (Å²) < 4.78 is 5.72. The summed E-state index contributed by atoms with van der Waals surface area (Å²) in [5, 5.41) is 0. The van der Waals surface area contributed by atoms with Crippen molar-refractivity contribution in [3.63, 3.8) is 0 Å². The van der Waals surface area contributed by atoms with Crippen LogP contribution < -0.4 is 4.74 Å². The molecule has 0 fully saturated rings. The van der Waals surface area contributed by atoms with Gasteiger partial charge in [0, 0.05) is 6.54 Å². The van der Waals surface area contributed by atoms with Crippen molar-refractivity contribution in [2.45, 2.75) is 33.1 Å². The lowest BCUT2D eigenvalue weighted by atomic mass is 10.2. The third-order valence-corrected chi connectivity index (χ3v) is 2.84. The molecule has 2 heteroatoms. The molecular formula is C15H25NO. The Balaban J connectivity index is 2.11. The van der Waals surface area contributed by atoms with Gasteiger partial charge in [-0.1, -0.05) is 25.5 Å². The SMILES string of the molecule is CCCCN(C)CCCOc1cccc(C)c1. The highest BCUT2D eigenvalue weighted by Crippen LogP contribution is 2.12. The first kappa shape index (κ1) is 14.0. The van der Waals surface area contributed by atoms with E-state index in [1.807, 2.05) is 12.1 Å². The quantitative estimate of drug-likeness (QED) is 0.639. The smallest absolute Gasteiger partial charge is 0.119 e. The first-order valence-electron chi connectivity index (χ1n) is 6.60. The van der Waals surface area contributed by atoms with Crippen molar-refractivity contribution < 1.29 is 4.74 Å². The van der Waals surface area contributed by atoms with Gasteiger partial charge >= 0.3 is 0 Å². The molecule has 0 saturated carbocycles. The van der Waals surface area contributed by atoms with Crippen LogP contribution in [0, 0.1) is 6.92 Å². The zero-order valence-corrected chi connectivity index (χ0v) is 11.4. The Morgan fingerprint density at radius 2 is 1.94 bits per heavy atom. The molecule has 0 heterocycles. The Bertz CT molecular complexity index is 312.